The lowest BCUT2D eigenvalue weighted by Gasteiger charge is -2.07. The third-order valence-corrected chi connectivity index (χ3v) is 3.87. The summed E-state index contributed by atoms with van der Waals surface area (Å²) in [6.07, 6.45) is 0. The van der Waals surface area contributed by atoms with Gasteiger partial charge in [-0.2, -0.15) is 0 Å². The fourth-order valence-corrected chi connectivity index (χ4v) is 2.43. The number of benzene rings is 1. The third kappa shape index (κ3) is 2.99. The number of nitro groups is 1. The van der Waals surface area contributed by atoms with Gasteiger partial charge in [-0.05, 0) is 22.0 Å². The van der Waals surface area contributed by atoms with Gasteiger partial charge in [0, 0.05) is 24.6 Å². The van der Waals surface area contributed by atoms with Crippen molar-refractivity contribution in [2.45, 2.75) is 6.61 Å². The molecule has 2 aromatic rings. The molecule has 100 valence electrons. The second-order valence-corrected chi connectivity index (χ2v) is 4.98. The normalized spacial score (nSPS) is 10.2. The summed E-state index contributed by atoms with van der Waals surface area (Å²) in [5.74, 6) is 0.393. The van der Waals surface area contributed by atoms with Crippen LogP contribution in [0.4, 0.5) is 10.7 Å². The molecule has 7 nitrogen and oxygen atoms in total. The quantitative estimate of drug-likeness (QED) is 0.662. The Morgan fingerprint density at radius 2 is 2.37 bits per heavy atom. The SMILES string of the molecule is CNc1snnc1COc1cccc([N+](=O)[O-])c1Br. The monoisotopic (exact) mass is 344 g/mol. The maximum absolute atomic E-state index is 10.8. The van der Waals surface area contributed by atoms with Crippen molar-refractivity contribution in [1.29, 1.82) is 0 Å². The Morgan fingerprint density at radius 1 is 1.58 bits per heavy atom. The molecule has 0 saturated carbocycles. The summed E-state index contributed by atoms with van der Waals surface area (Å²) in [6, 6.07) is 4.62. The van der Waals surface area contributed by atoms with Crippen molar-refractivity contribution < 1.29 is 9.66 Å². The van der Waals surface area contributed by atoms with Gasteiger partial charge in [-0.25, -0.2) is 0 Å². The zero-order chi connectivity index (χ0) is 13.8. The van der Waals surface area contributed by atoms with Crippen LogP contribution < -0.4 is 10.1 Å². The topological polar surface area (TPSA) is 90.2 Å². The van der Waals surface area contributed by atoms with Gasteiger partial charge in [0.2, 0.25) is 0 Å². The number of anilines is 1. The molecule has 0 aliphatic carbocycles. The summed E-state index contributed by atoms with van der Waals surface area (Å²) in [5, 5.41) is 18.5. The fourth-order valence-electron chi connectivity index (χ4n) is 1.39. The second-order valence-electron chi connectivity index (χ2n) is 3.43. The Bertz CT molecular complexity index is 604. The maximum Gasteiger partial charge on any atom is 0.287 e. The van der Waals surface area contributed by atoms with Gasteiger partial charge >= 0.3 is 0 Å². The molecule has 0 unspecified atom stereocenters. The lowest BCUT2D eigenvalue weighted by molar-refractivity contribution is -0.385. The van der Waals surface area contributed by atoms with Crippen molar-refractivity contribution >= 4 is 38.2 Å². The molecule has 1 N–H and O–H groups in total. The van der Waals surface area contributed by atoms with Crippen molar-refractivity contribution in [2.24, 2.45) is 0 Å². The van der Waals surface area contributed by atoms with Crippen LogP contribution in [-0.4, -0.2) is 21.6 Å². The third-order valence-electron chi connectivity index (χ3n) is 2.29. The van der Waals surface area contributed by atoms with Crippen molar-refractivity contribution in [3.05, 3.63) is 38.5 Å². The van der Waals surface area contributed by atoms with Gasteiger partial charge in [-0.1, -0.05) is 10.6 Å². The molecule has 0 atom stereocenters. The van der Waals surface area contributed by atoms with Crippen LogP contribution in [0, 0.1) is 10.1 Å². The van der Waals surface area contributed by atoms with E-state index >= 15 is 0 Å². The maximum atomic E-state index is 10.8. The standard InChI is InChI=1S/C10H9BrN4O3S/c1-12-10-6(13-14-19-10)5-18-8-4-2-3-7(9(8)11)15(16)17/h2-4,12H,5H2,1H3. The van der Waals surface area contributed by atoms with Gasteiger partial charge in [-0.3, -0.25) is 10.1 Å². The number of halogens is 1. The summed E-state index contributed by atoms with van der Waals surface area (Å²) in [5.41, 5.74) is 0.619. The zero-order valence-electron chi connectivity index (χ0n) is 9.79. The van der Waals surface area contributed by atoms with Crippen molar-refractivity contribution in [2.75, 3.05) is 12.4 Å². The van der Waals surface area contributed by atoms with E-state index in [-0.39, 0.29) is 12.3 Å². The Balaban J connectivity index is 2.16. The number of aromatic nitrogens is 2. The molecule has 1 heterocycles. The molecule has 0 spiro atoms. The molecule has 0 saturated heterocycles. The average Bonchev–Trinajstić information content (AvgIpc) is 2.84. The Kier molecular flexibility index (Phi) is 4.27. The van der Waals surface area contributed by atoms with Crippen LogP contribution in [0.5, 0.6) is 5.75 Å². The minimum Gasteiger partial charge on any atom is -0.486 e. The van der Waals surface area contributed by atoms with Crippen molar-refractivity contribution in [1.82, 2.24) is 9.59 Å². The predicted octanol–water partition coefficient (Wildman–Crippen LogP) is 2.83. The summed E-state index contributed by atoms with van der Waals surface area (Å²) >= 11 is 4.39. The highest BCUT2D eigenvalue weighted by molar-refractivity contribution is 9.10. The first kappa shape index (κ1) is 13.7. The van der Waals surface area contributed by atoms with E-state index in [0.29, 0.717) is 15.9 Å². The van der Waals surface area contributed by atoms with Gasteiger partial charge in [-0.15, -0.1) is 5.10 Å². The van der Waals surface area contributed by atoms with Crippen LogP contribution in [0.2, 0.25) is 0 Å². The van der Waals surface area contributed by atoms with Crippen LogP contribution in [-0.2, 0) is 6.61 Å². The van der Waals surface area contributed by atoms with Gasteiger partial charge < -0.3 is 10.1 Å². The van der Waals surface area contributed by atoms with E-state index in [1.165, 1.54) is 17.6 Å². The van der Waals surface area contributed by atoms with Crippen molar-refractivity contribution in [3.8, 4) is 5.75 Å². The van der Waals surface area contributed by atoms with E-state index in [2.05, 4.69) is 30.8 Å². The lowest BCUT2D eigenvalue weighted by atomic mass is 10.3. The number of rotatable bonds is 5. The second kappa shape index (κ2) is 5.93. The summed E-state index contributed by atoms with van der Waals surface area (Å²) < 4.78 is 9.64. The van der Waals surface area contributed by atoms with Gasteiger partial charge in [0.15, 0.2) is 0 Å². The molecule has 0 radical (unpaired) electrons. The molecule has 0 aliphatic heterocycles. The summed E-state index contributed by atoms with van der Waals surface area (Å²) in [6.45, 7) is 0.187. The van der Waals surface area contributed by atoms with Crippen molar-refractivity contribution in [3.63, 3.8) is 0 Å². The number of ether oxygens (including phenoxy) is 1. The molecule has 0 aliphatic rings. The summed E-state index contributed by atoms with van der Waals surface area (Å²) in [7, 11) is 1.77. The molecule has 0 bridgehead atoms. The Labute approximate surface area is 121 Å². The average molecular weight is 345 g/mol. The highest BCUT2D eigenvalue weighted by atomic mass is 79.9. The molecule has 1 aromatic carbocycles. The van der Waals surface area contributed by atoms with Crippen LogP contribution in [0.3, 0.4) is 0 Å². The first-order chi connectivity index (χ1) is 9.13. The van der Waals surface area contributed by atoms with Crippen LogP contribution in [0.1, 0.15) is 5.69 Å². The largest absolute Gasteiger partial charge is 0.486 e. The van der Waals surface area contributed by atoms with E-state index in [9.17, 15) is 10.1 Å². The fraction of sp³-hybridized carbons (Fsp3) is 0.200. The van der Waals surface area contributed by atoms with Gasteiger partial charge in [0.25, 0.3) is 5.69 Å². The van der Waals surface area contributed by atoms with Crippen LogP contribution >= 0.6 is 27.5 Å². The molecule has 1 aromatic heterocycles. The number of nitrogens with zero attached hydrogens (tertiary/aromatic N) is 3. The highest BCUT2D eigenvalue weighted by Gasteiger charge is 2.16. The van der Waals surface area contributed by atoms with Gasteiger partial charge in [0.1, 0.15) is 27.5 Å². The number of nitrogens with one attached hydrogen (secondary N) is 1. The zero-order valence-corrected chi connectivity index (χ0v) is 12.2. The minimum atomic E-state index is -0.472. The molecule has 0 amide bonds. The molecule has 0 fully saturated rings. The lowest BCUT2D eigenvalue weighted by Crippen LogP contribution is -2.01. The number of hydrogen-bond acceptors (Lipinski definition) is 7. The molecular formula is C10H9BrN4O3S. The molecule has 9 heteroatoms. The smallest absolute Gasteiger partial charge is 0.287 e. The highest BCUT2D eigenvalue weighted by Crippen LogP contribution is 2.34. The van der Waals surface area contributed by atoms with Crippen LogP contribution in [0.15, 0.2) is 22.7 Å². The number of nitro benzene ring substituents is 1. The molecule has 2 rings (SSSR count). The molecule has 19 heavy (non-hydrogen) atoms. The van der Waals surface area contributed by atoms with E-state index < -0.39 is 4.92 Å². The first-order valence-electron chi connectivity index (χ1n) is 5.18. The van der Waals surface area contributed by atoms with Gasteiger partial charge in [0.05, 0.1) is 4.92 Å². The Morgan fingerprint density at radius 3 is 3.05 bits per heavy atom. The van der Waals surface area contributed by atoms with E-state index in [4.69, 9.17) is 4.74 Å². The predicted molar refractivity (Wildman–Crippen MR) is 74.6 cm³/mol. The molecular weight excluding hydrogens is 336 g/mol. The Hall–Kier alpha value is -1.74. The van der Waals surface area contributed by atoms with E-state index in [1.54, 1.807) is 19.2 Å². The summed E-state index contributed by atoms with van der Waals surface area (Å²) in [4.78, 5) is 10.3. The van der Waals surface area contributed by atoms with Crippen LogP contribution in [0.25, 0.3) is 0 Å². The van der Waals surface area contributed by atoms with E-state index in [0.717, 1.165) is 5.00 Å². The van der Waals surface area contributed by atoms with E-state index in [1.807, 2.05) is 0 Å². The first-order valence-corrected chi connectivity index (χ1v) is 6.74. The number of hydrogen-bond donors (Lipinski definition) is 1. The minimum absolute atomic E-state index is 0.0391.